The highest BCUT2D eigenvalue weighted by Crippen LogP contribution is 2.49. The van der Waals surface area contributed by atoms with Crippen LogP contribution in [0, 0.1) is 0 Å². The van der Waals surface area contributed by atoms with Crippen LogP contribution < -0.4 is 0 Å². The molecule has 0 unspecified atom stereocenters. The number of aliphatic hydroxyl groups is 1. The summed E-state index contributed by atoms with van der Waals surface area (Å²) in [5.74, 6) is -6.37. The maximum atomic E-state index is 12.3. The molecule has 0 amide bonds. The smallest absolute Gasteiger partial charge is 0.387 e. The molecule has 0 radical (unpaired) electrons. The van der Waals surface area contributed by atoms with Gasteiger partial charge in [-0.05, 0) is 11.6 Å². The Morgan fingerprint density at radius 2 is 1.31 bits per heavy atom. The Morgan fingerprint density at radius 3 is 1.56 bits per heavy atom. The van der Waals surface area contributed by atoms with E-state index in [-0.39, 0.29) is 0 Å². The molecule has 0 spiro atoms. The van der Waals surface area contributed by atoms with Crippen LogP contribution in [-0.2, 0) is 4.74 Å². The Kier molecular flexibility index (Phi) is 4.06. The number of hydrogen-bond acceptors (Lipinski definition) is 2. The minimum atomic E-state index is -6.37. The number of alkyl halides is 9. The number of aliphatic hydroxyl groups excluding tert-OH is 1. The van der Waals surface area contributed by atoms with E-state index < -0.39 is 30.1 Å². The van der Waals surface area contributed by atoms with Crippen molar-refractivity contribution in [3.05, 3.63) is 0 Å². The highest BCUT2D eigenvalue weighted by Gasteiger charge is 2.74. The van der Waals surface area contributed by atoms with Gasteiger partial charge in [-0.3, -0.25) is 0 Å². The van der Waals surface area contributed by atoms with Crippen LogP contribution in [-0.4, -0.2) is 35.2 Å². The lowest BCUT2D eigenvalue weighted by Crippen LogP contribution is -2.55. The molecule has 2 nitrogen and oxygen atoms in total. The first-order chi connectivity index (χ1) is 6.77. The third-order valence-electron chi connectivity index (χ3n) is 1.18. The van der Waals surface area contributed by atoms with Gasteiger partial charge in [0.15, 0.2) is 0 Å². The molecule has 0 saturated carbocycles. The molecule has 1 N–H and O–H groups in total. The van der Waals surface area contributed by atoms with E-state index in [1.807, 2.05) is 0 Å². The van der Waals surface area contributed by atoms with Crippen LogP contribution >= 0.6 is 11.6 Å². The van der Waals surface area contributed by atoms with Gasteiger partial charge in [-0.15, -0.1) is 0 Å². The van der Waals surface area contributed by atoms with Crippen LogP contribution in [0.4, 0.5) is 35.1 Å². The van der Waals surface area contributed by atoms with E-state index in [2.05, 4.69) is 16.3 Å². The maximum Gasteiger partial charge on any atom is 0.431 e. The van der Waals surface area contributed by atoms with Crippen molar-refractivity contribution in [3.63, 3.8) is 0 Å². The van der Waals surface area contributed by atoms with Gasteiger partial charge in [0.2, 0.25) is 0 Å². The Hall–Kier alpha value is -0.350. The minimum absolute atomic E-state index is 2.13. The van der Waals surface area contributed by atoms with Gasteiger partial charge in [-0.1, -0.05) is 0 Å². The van der Waals surface area contributed by atoms with E-state index in [0.717, 1.165) is 0 Å². The summed E-state index contributed by atoms with van der Waals surface area (Å²) < 4.78 is 98.7. The largest absolute Gasteiger partial charge is 0.431 e. The molecule has 11 heteroatoms. The highest BCUT2D eigenvalue weighted by molar-refractivity contribution is 6.22. The molecule has 0 fully saturated rings. The molecular weight excluding hydrogens is 279 g/mol. The third kappa shape index (κ3) is 3.08. The van der Waals surface area contributed by atoms with Crippen molar-refractivity contribution in [3.8, 4) is 0 Å². The summed E-state index contributed by atoms with van der Waals surface area (Å²) in [5, 5.41) is 1.95. The molecule has 0 aromatic carbocycles. The van der Waals surface area contributed by atoms with Crippen molar-refractivity contribution in [2.24, 2.45) is 0 Å². The summed E-state index contributed by atoms with van der Waals surface area (Å²) in [6.07, 6.45) is -11.4. The second-order valence-corrected chi connectivity index (χ2v) is 2.96. The fourth-order valence-electron chi connectivity index (χ4n) is 0.449. The van der Waals surface area contributed by atoms with Crippen LogP contribution in [0.1, 0.15) is 0 Å². The number of halogens is 9. The van der Waals surface area contributed by atoms with Crippen molar-refractivity contribution in [1.29, 1.82) is 0 Å². The van der Waals surface area contributed by atoms with Gasteiger partial charge < -0.3 is 5.11 Å². The topological polar surface area (TPSA) is 29.5 Å². The number of hydrogen-bond donors (Lipinski definition) is 1. The van der Waals surface area contributed by atoms with Gasteiger partial charge in [0, 0.05) is 0 Å². The monoisotopic (exact) mass is 282 g/mol. The molecule has 0 aliphatic heterocycles. The van der Waals surface area contributed by atoms with Gasteiger partial charge >= 0.3 is 23.5 Å². The lowest BCUT2D eigenvalue weighted by atomic mass is 10.3. The predicted octanol–water partition coefficient (Wildman–Crippen LogP) is 2.65. The predicted molar refractivity (Wildman–Crippen MR) is 33.8 cm³/mol. The quantitative estimate of drug-likeness (QED) is 0.620. The zero-order chi connectivity index (χ0) is 13.4. The molecule has 0 saturated heterocycles. The maximum absolute atomic E-state index is 12.3. The van der Waals surface area contributed by atoms with E-state index in [1.54, 1.807) is 0 Å². The molecule has 16 heavy (non-hydrogen) atoms. The molecule has 98 valence electrons. The van der Waals surface area contributed by atoms with Crippen molar-refractivity contribution in [2.45, 2.75) is 23.5 Å². The van der Waals surface area contributed by atoms with Crippen LogP contribution in [0.15, 0.2) is 0 Å². The van der Waals surface area contributed by atoms with Crippen molar-refractivity contribution < 1.29 is 45.0 Å². The van der Waals surface area contributed by atoms with Gasteiger partial charge in [0.1, 0.15) is 6.61 Å². The van der Waals surface area contributed by atoms with E-state index >= 15 is 0 Å². The third-order valence-corrected chi connectivity index (χ3v) is 1.42. The molecule has 0 bridgehead atoms. The Bertz CT molecular complexity index is 249. The summed E-state index contributed by atoms with van der Waals surface area (Å²) >= 11 is 3.63. The lowest BCUT2D eigenvalue weighted by molar-refractivity contribution is -0.452. The summed E-state index contributed by atoms with van der Waals surface area (Å²) in [6.45, 7) is -2.40. The molecule has 0 aromatic heterocycles. The van der Waals surface area contributed by atoms with Crippen LogP contribution in [0.3, 0.4) is 0 Å². The minimum Gasteiger partial charge on any atom is -0.387 e. The zero-order valence-electron chi connectivity index (χ0n) is 6.96. The van der Waals surface area contributed by atoms with E-state index in [4.69, 9.17) is 5.11 Å². The van der Waals surface area contributed by atoms with Crippen molar-refractivity contribution in [1.82, 2.24) is 0 Å². The summed E-state index contributed by atoms with van der Waals surface area (Å²) in [7, 11) is 0. The molecule has 0 aliphatic rings. The second kappa shape index (κ2) is 4.15. The first kappa shape index (κ1) is 15.7. The van der Waals surface area contributed by atoms with Crippen molar-refractivity contribution >= 4 is 11.6 Å². The fraction of sp³-hybridized carbons (Fsp3) is 1.00. The van der Waals surface area contributed by atoms with Gasteiger partial charge in [-0.2, -0.15) is 35.1 Å². The molecule has 0 rings (SSSR count). The van der Waals surface area contributed by atoms with Crippen LogP contribution in [0.25, 0.3) is 0 Å². The number of ether oxygens (including phenoxy) is 1. The summed E-state index contributed by atoms with van der Waals surface area (Å²) in [6, 6.07) is 0. The summed E-state index contributed by atoms with van der Waals surface area (Å²) in [4.78, 5) is 0. The van der Waals surface area contributed by atoms with Crippen LogP contribution in [0.5, 0.6) is 0 Å². The van der Waals surface area contributed by atoms with E-state index in [9.17, 15) is 35.1 Å². The fourth-order valence-corrected chi connectivity index (χ4v) is 0.559. The normalized spacial score (nSPS) is 15.4. The highest BCUT2D eigenvalue weighted by atomic mass is 35.5. The summed E-state index contributed by atoms with van der Waals surface area (Å²) in [5.41, 5.74) is 0. The number of rotatable bonds is 5. The molecule has 0 atom stereocenters. The average Bonchev–Trinajstić information content (AvgIpc) is 2.00. The molecular formula is C5H3ClF8O2. The molecule has 0 aliphatic carbocycles. The first-order valence-corrected chi connectivity index (χ1v) is 3.66. The standard InChI is InChI=1S/C5H3ClF8O2/c6-4(11,12)3(9,10)5(13,14)16-2(7,8)1-15/h15H,1H2. The average molecular weight is 283 g/mol. The Labute approximate surface area is 87.7 Å². The van der Waals surface area contributed by atoms with Gasteiger partial charge in [-0.25, -0.2) is 4.74 Å². The van der Waals surface area contributed by atoms with E-state index in [1.165, 1.54) is 0 Å². The second-order valence-electron chi connectivity index (χ2n) is 2.49. The molecule has 0 heterocycles. The Morgan fingerprint density at radius 1 is 0.938 bits per heavy atom. The lowest BCUT2D eigenvalue weighted by Gasteiger charge is -2.30. The van der Waals surface area contributed by atoms with Gasteiger partial charge in [0.25, 0.3) is 0 Å². The van der Waals surface area contributed by atoms with Crippen LogP contribution in [0.2, 0.25) is 0 Å². The van der Waals surface area contributed by atoms with E-state index in [0.29, 0.717) is 0 Å². The first-order valence-electron chi connectivity index (χ1n) is 3.28. The van der Waals surface area contributed by atoms with Gasteiger partial charge in [0.05, 0.1) is 0 Å². The van der Waals surface area contributed by atoms with Crippen molar-refractivity contribution in [2.75, 3.05) is 6.61 Å². The zero-order valence-corrected chi connectivity index (χ0v) is 7.72. The SMILES string of the molecule is OCC(F)(F)OC(F)(F)C(F)(F)C(F)(F)Cl. The molecule has 0 aromatic rings. The Balaban J connectivity index is 5.07.